The van der Waals surface area contributed by atoms with Gasteiger partial charge in [-0.05, 0) is 56.0 Å². The molecule has 1 heterocycles. The van der Waals surface area contributed by atoms with E-state index in [1.54, 1.807) is 30.3 Å². The molecule has 0 atom stereocenters. The molecule has 0 unspecified atom stereocenters. The van der Waals surface area contributed by atoms with E-state index in [0.29, 0.717) is 37.1 Å². The highest BCUT2D eigenvalue weighted by molar-refractivity contribution is 7.89. The van der Waals surface area contributed by atoms with Crippen LogP contribution < -0.4 is 10.1 Å². The Morgan fingerprint density at radius 3 is 2.57 bits per heavy atom. The Morgan fingerprint density at radius 1 is 1.14 bits per heavy atom. The zero-order valence-corrected chi connectivity index (χ0v) is 17.0. The lowest BCUT2D eigenvalue weighted by molar-refractivity contribution is 0.102. The number of benzene rings is 2. The topological polar surface area (TPSA) is 75.7 Å². The monoisotopic (exact) mass is 402 g/mol. The Labute approximate surface area is 166 Å². The Bertz CT molecular complexity index is 935. The summed E-state index contributed by atoms with van der Waals surface area (Å²) < 4.78 is 32.9. The minimum atomic E-state index is -3.60. The number of nitrogens with zero attached hydrogens (tertiary/aromatic N) is 1. The summed E-state index contributed by atoms with van der Waals surface area (Å²) in [7, 11) is -3.60. The van der Waals surface area contributed by atoms with Crippen LogP contribution in [0.15, 0.2) is 53.4 Å². The fourth-order valence-electron chi connectivity index (χ4n) is 3.22. The molecule has 0 bridgehead atoms. The summed E-state index contributed by atoms with van der Waals surface area (Å²) in [6.07, 6.45) is 1.71. The van der Waals surface area contributed by atoms with Gasteiger partial charge in [0.15, 0.2) is 0 Å². The van der Waals surface area contributed by atoms with Crippen LogP contribution in [-0.4, -0.2) is 38.3 Å². The second-order valence-corrected chi connectivity index (χ2v) is 8.94. The molecule has 0 spiro atoms. The van der Waals surface area contributed by atoms with E-state index in [0.717, 1.165) is 12.8 Å². The van der Waals surface area contributed by atoms with Crippen molar-refractivity contribution in [1.82, 2.24) is 4.31 Å². The van der Waals surface area contributed by atoms with E-state index in [1.807, 2.05) is 13.0 Å². The number of para-hydroxylation sites is 2. The van der Waals surface area contributed by atoms with Gasteiger partial charge in [-0.2, -0.15) is 4.31 Å². The third-order valence-corrected chi connectivity index (χ3v) is 6.81. The number of hydrogen-bond acceptors (Lipinski definition) is 4. The lowest BCUT2D eigenvalue weighted by Crippen LogP contribution is -2.37. The number of carbonyl (C=O) groups is 1. The highest BCUT2D eigenvalue weighted by Gasteiger charge is 2.28. The van der Waals surface area contributed by atoms with Gasteiger partial charge in [0.2, 0.25) is 10.0 Å². The summed E-state index contributed by atoms with van der Waals surface area (Å²) >= 11 is 0. The van der Waals surface area contributed by atoms with E-state index >= 15 is 0 Å². The van der Waals surface area contributed by atoms with E-state index in [4.69, 9.17) is 4.74 Å². The number of piperidine rings is 1. The van der Waals surface area contributed by atoms with Crippen molar-refractivity contribution in [3.05, 3.63) is 54.1 Å². The van der Waals surface area contributed by atoms with Gasteiger partial charge in [0, 0.05) is 18.7 Å². The van der Waals surface area contributed by atoms with Crippen molar-refractivity contribution in [3.63, 3.8) is 0 Å². The molecule has 1 saturated heterocycles. The van der Waals surface area contributed by atoms with Crippen molar-refractivity contribution in [2.75, 3.05) is 25.0 Å². The van der Waals surface area contributed by atoms with Gasteiger partial charge >= 0.3 is 0 Å². The smallest absolute Gasteiger partial charge is 0.255 e. The maximum absolute atomic E-state index is 12.9. The first-order chi connectivity index (χ1) is 13.4. The van der Waals surface area contributed by atoms with E-state index in [2.05, 4.69) is 12.2 Å². The van der Waals surface area contributed by atoms with Crippen LogP contribution in [0, 0.1) is 5.92 Å². The quantitative estimate of drug-likeness (QED) is 0.798. The highest BCUT2D eigenvalue weighted by atomic mass is 32.2. The number of hydrogen-bond donors (Lipinski definition) is 1. The normalized spacial score (nSPS) is 15.9. The minimum Gasteiger partial charge on any atom is -0.492 e. The molecule has 6 nitrogen and oxygen atoms in total. The molecular formula is C21H26N2O4S. The summed E-state index contributed by atoms with van der Waals surface area (Å²) in [5.41, 5.74) is 0.838. The van der Waals surface area contributed by atoms with Gasteiger partial charge < -0.3 is 10.1 Å². The van der Waals surface area contributed by atoms with Crippen molar-refractivity contribution in [2.24, 2.45) is 5.92 Å². The second kappa shape index (κ2) is 8.75. The van der Waals surface area contributed by atoms with E-state index in [1.165, 1.54) is 16.4 Å². The van der Waals surface area contributed by atoms with Crippen LogP contribution in [0.2, 0.25) is 0 Å². The number of ether oxygens (including phenoxy) is 1. The fraction of sp³-hybridized carbons (Fsp3) is 0.381. The van der Waals surface area contributed by atoms with Gasteiger partial charge in [-0.3, -0.25) is 4.79 Å². The molecule has 3 rings (SSSR count). The minimum absolute atomic E-state index is 0.146. The Morgan fingerprint density at radius 2 is 1.86 bits per heavy atom. The fourth-order valence-corrected chi connectivity index (χ4v) is 4.73. The number of nitrogens with one attached hydrogen (secondary N) is 1. The molecule has 1 fully saturated rings. The highest BCUT2D eigenvalue weighted by Crippen LogP contribution is 2.26. The average molecular weight is 403 g/mol. The summed E-state index contributed by atoms with van der Waals surface area (Å²) in [6, 6.07) is 13.3. The zero-order chi connectivity index (χ0) is 20.1. The van der Waals surface area contributed by atoms with E-state index in [-0.39, 0.29) is 16.4 Å². The molecule has 0 saturated carbocycles. The van der Waals surface area contributed by atoms with Gasteiger partial charge in [0.1, 0.15) is 5.75 Å². The molecule has 2 aromatic rings. The van der Waals surface area contributed by atoms with Gasteiger partial charge in [0.25, 0.3) is 5.91 Å². The summed E-state index contributed by atoms with van der Waals surface area (Å²) in [5.74, 6) is 0.731. The summed E-state index contributed by atoms with van der Waals surface area (Å²) in [5, 5.41) is 2.80. The van der Waals surface area contributed by atoms with Crippen LogP contribution in [-0.2, 0) is 10.0 Å². The number of carbonyl (C=O) groups excluding carboxylic acids is 1. The van der Waals surface area contributed by atoms with Crippen molar-refractivity contribution in [3.8, 4) is 5.75 Å². The summed E-state index contributed by atoms with van der Waals surface area (Å²) in [4.78, 5) is 12.8. The van der Waals surface area contributed by atoms with Crippen LogP contribution >= 0.6 is 0 Å². The molecule has 28 heavy (non-hydrogen) atoms. The molecule has 7 heteroatoms. The van der Waals surface area contributed by atoms with Gasteiger partial charge in [-0.15, -0.1) is 0 Å². The standard InChI is InChI=1S/C21H26N2O4S/c1-3-27-20-10-5-4-9-19(20)22-21(24)17-7-6-8-18(15-17)28(25,26)23-13-11-16(2)12-14-23/h4-10,15-16H,3,11-14H2,1-2H3,(H,22,24). The van der Waals surface area contributed by atoms with Crippen molar-refractivity contribution >= 4 is 21.6 Å². The molecule has 2 aromatic carbocycles. The SMILES string of the molecule is CCOc1ccccc1NC(=O)c1cccc(S(=O)(=O)N2CCC(C)CC2)c1. The van der Waals surface area contributed by atoms with E-state index < -0.39 is 10.0 Å². The lowest BCUT2D eigenvalue weighted by atomic mass is 10.0. The van der Waals surface area contributed by atoms with Gasteiger partial charge in [-0.1, -0.05) is 25.1 Å². The van der Waals surface area contributed by atoms with Gasteiger partial charge in [-0.25, -0.2) is 8.42 Å². The van der Waals surface area contributed by atoms with Crippen molar-refractivity contribution in [2.45, 2.75) is 31.6 Å². The van der Waals surface area contributed by atoms with Gasteiger partial charge in [0.05, 0.1) is 17.2 Å². The molecule has 0 aliphatic carbocycles. The molecule has 150 valence electrons. The average Bonchev–Trinajstić information content (AvgIpc) is 2.70. The van der Waals surface area contributed by atoms with E-state index in [9.17, 15) is 13.2 Å². The maximum atomic E-state index is 12.9. The predicted molar refractivity (Wildman–Crippen MR) is 109 cm³/mol. The van der Waals surface area contributed by atoms with Crippen LogP contribution in [0.4, 0.5) is 5.69 Å². The Hall–Kier alpha value is -2.38. The van der Waals surface area contributed by atoms with Crippen molar-refractivity contribution < 1.29 is 17.9 Å². The first kappa shape index (κ1) is 20.4. The third-order valence-electron chi connectivity index (χ3n) is 4.91. The predicted octanol–water partition coefficient (Wildman–Crippen LogP) is 3.76. The van der Waals surface area contributed by atoms with Crippen LogP contribution in [0.25, 0.3) is 0 Å². The molecule has 1 aliphatic rings. The maximum Gasteiger partial charge on any atom is 0.255 e. The number of anilines is 1. The lowest BCUT2D eigenvalue weighted by Gasteiger charge is -2.29. The first-order valence-electron chi connectivity index (χ1n) is 9.55. The number of sulfonamides is 1. The van der Waals surface area contributed by atoms with Crippen molar-refractivity contribution in [1.29, 1.82) is 0 Å². The number of rotatable bonds is 6. The molecule has 0 aromatic heterocycles. The summed E-state index contributed by atoms with van der Waals surface area (Å²) in [6.45, 7) is 5.52. The zero-order valence-electron chi connectivity index (χ0n) is 16.2. The third kappa shape index (κ3) is 4.54. The first-order valence-corrected chi connectivity index (χ1v) is 11.0. The Kier molecular flexibility index (Phi) is 6.36. The Balaban J connectivity index is 1.80. The molecule has 1 aliphatic heterocycles. The van der Waals surface area contributed by atoms with Crippen LogP contribution in [0.5, 0.6) is 5.75 Å². The molecule has 0 radical (unpaired) electrons. The van der Waals surface area contributed by atoms with Crippen LogP contribution in [0.1, 0.15) is 37.0 Å². The molecule has 1 amide bonds. The molecular weight excluding hydrogens is 376 g/mol. The second-order valence-electron chi connectivity index (χ2n) is 7.00. The van der Waals surface area contributed by atoms with Crippen LogP contribution in [0.3, 0.4) is 0 Å². The molecule has 1 N–H and O–H groups in total. The largest absolute Gasteiger partial charge is 0.492 e. The number of amides is 1.